The minimum absolute atomic E-state index is 0.128. The lowest BCUT2D eigenvalue weighted by Gasteiger charge is -2.23. The monoisotopic (exact) mass is 369 g/mol. The number of hydrogen-bond acceptors (Lipinski definition) is 5. The first-order chi connectivity index (χ1) is 13.0. The Kier molecular flexibility index (Phi) is 4.39. The Morgan fingerprint density at radius 1 is 1.30 bits per heavy atom. The van der Waals surface area contributed by atoms with Gasteiger partial charge in [0.2, 0.25) is 5.91 Å². The molecule has 1 amide bonds. The number of aromatic nitrogens is 3. The van der Waals surface area contributed by atoms with Crippen molar-refractivity contribution in [2.75, 3.05) is 18.5 Å². The fourth-order valence-electron chi connectivity index (χ4n) is 3.12. The number of hydrogen-bond donors (Lipinski definition) is 1. The van der Waals surface area contributed by atoms with Gasteiger partial charge in [-0.1, -0.05) is 0 Å². The highest BCUT2D eigenvalue weighted by atomic mass is 19.1. The van der Waals surface area contributed by atoms with E-state index in [1.807, 2.05) is 24.9 Å². The Morgan fingerprint density at radius 2 is 2.15 bits per heavy atom. The number of ether oxygens (including phenoxy) is 1. The molecule has 0 saturated heterocycles. The topological polar surface area (TPSA) is 71.8 Å². The Balaban J connectivity index is 1.78. The summed E-state index contributed by atoms with van der Waals surface area (Å²) in [4.78, 5) is 18.8. The number of amides is 1. The minimum Gasteiger partial charge on any atom is -0.489 e. The number of nitrogens with one attached hydrogen (secondary N) is 1. The smallest absolute Gasteiger partial charge is 0.224 e. The summed E-state index contributed by atoms with van der Waals surface area (Å²) in [7, 11) is 1.88. The van der Waals surface area contributed by atoms with Crippen LogP contribution in [0.1, 0.15) is 18.1 Å². The lowest BCUT2D eigenvalue weighted by molar-refractivity contribution is -0.120. The fraction of sp³-hybridized carbons (Fsp3) is 0.316. The van der Waals surface area contributed by atoms with E-state index < -0.39 is 0 Å². The molecule has 2 bridgehead atoms. The van der Waals surface area contributed by atoms with Crippen molar-refractivity contribution in [1.29, 1.82) is 0 Å². The van der Waals surface area contributed by atoms with Crippen molar-refractivity contribution in [3.8, 4) is 5.75 Å². The van der Waals surface area contributed by atoms with Gasteiger partial charge in [-0.25, -0.2) is 13.9 Å². The van der Waals surface area contributed by atoms with Gasteiger partial charge >= 0.3 is 0 Å². The van der Waals surface area contributed by atoms with Gasteiger partial charge in [0, 0.05) is 30.9 Å². The number of nitrogens with zero attached hydrogens (tertiary/aromatic N) is 4. The zero-order valence-electron chi connectivity index (χ0n) is 15.1. The molecule has 0 unspecified atom stereocenters. The van der Waals surface area contributed by atoms with Crippen LogP contribution < -0.4 is 15.0 Å². The third-order valence-corrected chi connectivity index (χ3v) is 4.51. The molecular formula is C19H20FN5O2. The van der Waals surface area contributed by atoms with Gasteiger partial charge in [0.05, 0.1) is 19.2 Å². The predicted molar refractivity (Wildman–Crippen MR) is 98.3 cm³/mol. The molecule has 1 atom stereocenters. The lowest BCUT2D eigenvalue weighted by Crippen LogP contribution is -2.34. The molecule has 0 saturated carbocycles. The van der Waals surface area contributed by atoms with Gasteiger partial charge < -0.3 is 15.0 Å². The summed E-state index contributed by atoms with van der Waals surface area (Å²) < 4.78 is 21.4. The highest BCUT2D eigenvalue weighted by Gasteiger charge is 2.17. The molecule has 0 aliphatic carbocycles. The Labute approximate surface area is 155 Å². The van der Waals surface area contributed by atoms with Crippen molar-refractivity contribution in [1.82, 2.24) is 19.9 Å². The van der Waals surface area contributed by atoms with Gasteiger partial charge in [0.25, 0.3) is 0 Å². The Hall–Kier alpha value is -3.16. The number of halogens is 1. The summed E-state index contributed by atoms with van der Waals surface area (Å²) in [5, 5.41) is 7.12. The first-order valence-corrected chi connectivity index (χ1v) is 8.76. The number of rotatable bonds is 0. The minimum atomic E-state index is -0.325. The van der Waals surface area contributed by atoms with E-state index in [9.17, 15) is 9.18 Å². The summed E-state index contributed by atoms with van der Waals surface area (Å²) in [5.74, 6) is 0.838. The molecule has 8 heteroatoms. The molecule has 3 aromatic rings. The molecule has 0 spiro atoms. The highest BCUT2D eigenvalue weighted by Crippen LogP contribution is 2.25. The van der Waals surface area contributed by atoms with Crippen LogP contribution in [0.15, 0.2) is 36.7 Å². The molecule has 0 fully saturated rings. The fourth-order valence-corrected chi connectivity index (χ4v) is 3.12. The number of carbonyl (C=O) groups is 1. The Bertz CT molecular complexity index is 1000. The summed E-state index contributed by atoms with van der Waals surface area (Å²) in [5.41, 5.74) is 2.10. The standard InChI is InChI=1S/C19H20FN5O2/c1-12-9-21-18(26)8-13-10-22-25-6-5-17(23-19(13)25)24(2)11-14-7-15(20)3-4-16(14)27-12/h3-7,10,12H,8-9,11H2,1-2H3,(H,21,26)/t12-/m1/s1. The lowest BCUT2D eigenvalue weighted by atomic mass is 10.1. The van der Waals surface area contributed by atoms with E-state index in [0.717, 1.165) is 5.56 Å². The van der Waals surface area contributed by atoms with E-state index in [0.29, 0.717) is 35.9 Å². The van der Waals surface area contributed by atoms with Gasteiger partial charge in [-0.15, -0.1) is 0 Å². The molecule has 4 rings (SSSR count). The number of fused-ring (bicyclic) bond motifs is 2. The van der Waals surface area contributed by atoms with Crippen molar-refractivity contribution in [2.24, 2.45) is 0 Å². The van der Waals surface area contributed by atoms with E-state index in [2.05, 4.69) is 15.4 Å². The third-order valence-electron chi connectivity index (χ3n) is 4.51. The van der Waals surface area contributed by atoms with Crippen LogP contribution in [-0.4, -0.2) is 40.2 Å². The predicted octanol–water partition coefficient (Wildman–Crippen LogP) is 1.94. The highest BCUT2D eigenvalue weighted by molar-refractivity contribution is 5.80. The van der Waals surface area contributed by atoms with E-state index in [1.165, 1.54) is 12.1 Å². The molecule has 3 heterocycles. The average Bonchev–Trinajstić information content (AvgIpc) is 3.03. The number of benzene rings is 1. The number of carbonyl (C=O) groups excluding carboxylic acids is 1. The van der Waals surface area contributed by atoms with Crippen LogP contribution >= 0.6 is 0 Å². The second-order valence-corrected chi connectivity index (χ2v) is 6.74. The van der Waals surface area contributed by atoms with Gasteiger partial charge in [0.15, 0.2) is 5.65 Å². The average molecular weight is 369 g/mol. The maximum Gasteiger partial charge on any atom is 0.224 e. The third kappa shape index (κ3) is 3.55. The maximum absolute atomic E-state index is 13.8. The molecule has 1 aliphatic heterocycles. The van der Waals surface area contributed by atoms with Gasteiger partial charge in [-0.05, 0) is 31.2 Å². The van der Waals surface area contributed by atoms with E-state index in [4.69, 9.17) is 4.74 Å². The second kappa shape index (κ2) is 6.86. The van der Waals surface area contributed by atoms with Crippen molar-refractivity contribution in [3.63, 3.8) is 0 Å². The van der Waals surface area contributed by atoms with E-state index >= 15 is 0 Å². The largest absolute Gasteiger partial charge is 0.489 e. The maximum atomic E-state index is 13.8. The van der Waals surface area contributed by atoms with Gasteiger partial charge in [-0.3, -0.25) is 4.79 Å². The van der Waals surface area contributed by atoms with Gasteiger partial charge in [0.1, 0.15) is 23.5 Å². The van der Waals surface area contributed by atoms with Crippen molar-refractivity contribution in [2.45, 2.75) is 26.0 Å². The Morgan fingerprint density at radius 3 is 3.00 bits per heavy atom. The van der Waals surface area contributed by atoms with Crippen LogP contribution in [0.3, 0.4) is 0 Å². The molecule has 1 N–H and O–H groups in total. The second-order valence-electron chi connectivity index (χ2n) is 6.74. The van der Waals surface area contributed by atoms with Crippen molar-refractivity contribution in [3.05, 3.63) is 53.6 Å². The first-order valence-electron chi connectivity index (χ1n) is 8.76. The molecule has 1 aliphatic rings. The summed E-state index contributed by atoms with van der Waals surface area (Å²) in [6.07, 6.45) is 3.39. The van der Waals surface area contributed by atoms with Crippen LogP contribution in [-0.2, 0) is 17.8 Å². The molecule has 27 heavy (non-hydrogen) atoms. The van der Waals surface area contributed by atoms with E-state index in [1.54, 1.807) is 23.0 Å². The van der Waals surface area contributed by atoms with E-state index in [-0.39, 0.29) is 24.2 Å². The normalized spacial score (nSPS) is 18.0. The quantitative estimate of drug-likeness (QED) is 0.656. The van der Waals surface area contributed by atoms with Gasteiger partial charge in [-0.2, -0.15) is 5.10 Å². The zero-order valence-corrected chi connectivity index (χ0v) is 15.1. The summed E-state index contributed by atoms with van der Waals surface area (Å²) in [6.45, 7) is 2.65. The van der Waals surface area contributed by atoms with Crippen molar-refractivity contribution < 1.29 is 13.9 Å². The SMILES string of the molecule is C[C@@H]1CNC(=O)Cc2cnn3ccc(nc23)N(C)Cc2cc(F)ccc2O1. The van der Waals surface area contributed by atoms with Crippen LogP contribution in [0, 0.1) is 5.82 Å². The molecule has 0 radical (unpaired) electrons. The molecule has 140 valence electrons. The molecule has 2 aromatic heterocycles. The zero-order chi connectivity index (χ0) is 19.0. The molecule has 1 aromatic carbocycles. The van der Waals surface area contributed by atoms with Crippen LogP contribution in [0.2, 0.25) is 0 Å². The number of anilines is 1. The van der Waals surface area contributed by atoms with Crippen LogP contribution in [0.5, 0.6) is 5.75 Å². The van der Waals surface area contributed by atoms with Crippen LogP contribution in [0.25, 0.3) is 5.65 Å². The summed E-state index contributed by atoms with van der Waals surface area (Å²) in [6, 6.07) is 6.29. The first kappa shape index (κ1) is 17.3. The molecular weight excluding hydrogens is 349 g/mol. The van der Waals surface area contributed by atoms with Crippen LogP contribution in [0.4, 0.5) is 10.2 Å². The summed E-state index contributed by atoms with van der Waals surface area (Å²) >= 11 is 0. The molecule has 7 nitrogen and oxygen atoms in total. The van der Waals surface area contributed by atoms with Crippen molar-refractivity contribution >= 4 is 17.4 Å².